The molecular weight excluding hydrogens is 274 g/mol. The first-order chi connectivity index (χ1) is 9.32. The van der Waals surface area contributed by atoms with Crippen molar-refractivity contribution >= 4 is 15.7 Å². The molecule has 1 aromatic carbocycles. The molecule has 0 spiro atoms. The van der Waals surface area contributed by atoms with E-state index in [1.807, 2.05) is 26.8 Å². The molecule has 1 rings (SSSR count). The van der Waals surface area contributed by atoms with E-state index in [-0.39, 0.29) is 18.3 Å². The Bertz CT molecular complexity index is 610. The first-order valence-electron chi connectivity index (χ1n) is 6.54. The van der Waals surface area contributed by atoms with Crippen LogP contribution in [0, 0.1) is 24.7 Å². The molecule has 4 nitrogen and oxygen atoms in total. The van der Waals surface area contributed by atoms with Crippen LogP contribution in [0.2, 0.25) is 0 Å². The standard InChI is InChI=1S/C15H21NO3S/c1-12(2)11-20(18,19)16-15-9-13(3)8-14(10-15)6-4-5-7-17/h8-10,12,16-17H,5,7,11H2,1-3H3. The number of aliphatic hydroxyl groups excluding tert-OH is 1. The van der Waals surface area contributed by atoms with E-state index in [9.17, 15) is 8.42 Å². The van der Waals surface area contributed by atoms with Crippen molar-refractivity contribution in [3.05, 3.63) is 29.3 Å². The zero-order chi connectivity index (χ0) is 15.2. The van der Waals surface area contributed by atoms with E-state index in [1.165, 1.54) is 0 Å². The average Bonchev–Trinajstić information content (AvgIpc) is 2.25. The Morgan fingerprint density at radius 1 is 1.30 bits per heavy atom. The molecule has 0 aliphatic carbocycles. The van der Waals surface area contributed by atoms with Crippen molar-refractivity contribution in [2.24, 2.45) is 5.92 Å². The number of nitrogens with one attached hydrogen (secondary N) is 1. The van der Waals surface area contributed by atoms with Crippen molar-refractivity contribution < 1.29 is 13.5 Å². The summed E-state index contributed by atoms with van der Waals surface area (Å²) in [5.41, 5.74) is 2.20. The van der Waals surface area contributed by atoms with Gasteiger partial charge in [0, 0.05) is 17.7 Å². The van der Waals surface area contributed by atoms with Crippen LogP contribution in [0.15, 0.2) is 18.2 Å². The van der Waals surface area contributed by atoms with Crippen molar-refractivity contribution in [2.45, 2.75) is 27.2 Å². The Morgan fingerprint density at radius 3 is 2.60 bits per heavy atom. The van der Waals surface area contributed by atoms with Crippen LogP contribution in [0.1, 0.15) is 31.4 Å². The third-order valence-corrected chi connectivity index (χ3v) is 4.03. The first kappa shape index (κ1) is 16.5. The second-order valence-electron chi connectivity index (χ2n) is 5.14. The molecule has 20 heavy (non-hydrogen) atoms. The number of aryl methyl sites for hydroxylation is 1. The third kappa shape index (κ3) is 6.09. The minimum absolute atomic E-state index is 0.0205. The lowest BCUT2D eigenvalue weighted by molar-refractivity contribution is 0.305. The van der Waals surface area contributed by atoms with Crippen LogP contribution in [0.4, 0.5) is 5.69 Å². The summed E-state index contributed by atoms with van der Waals surface area (Å²) in [7, 11) is -3.33. The average molecular weight is 295 g/mol. The number of hydrogen-bond donors (Lipinski definition) is 2. The number of benzene rings is 1. The van der Waals surface area contributed by atoms with E-state index in [0.717, 1.165) is 11.1 Å². The summed E-state index contributed by atoms with van der Waals surface area (Å²) in [5.74, 6) is 5.89. The van der Waals surface area contributed by atoms with E-state index < -0.39 is 10.0 Å². The molecule has 0 amide bonds. The van der Waals surface area contributed by atoms with Crippen molar-refractivity contribution in [1.82, 2.24) is 0 Å². The highest BCUT2D eigenvalue weighted by Crippen LogP contribution is 2.16. The van der Waals surface area contributed by atoms with Gasteiger partial charge in [0.05, 0.1) is 12.4 Å². The fraction of sp³-hybridized carbons (Fsp3) is 0.467. The van der Waals surface area contributed by atoms with E-state index >= 15 is 0 Å². The van der Waals surface area contributed by atoms with Crippen molar-refractivity contribution in [1.29, 1.82) is 0 Å². The van der Waals surface area contributed by atoms with Crippen LogP contribution in [0.3, 0.4) is 0 Å². The molecule has 0 saturated heterocycles. The normalized spacial score (nSPS) is 11.1. The number of anilines is 1. The third-order valence-electron chi connectivity index (χ3n) is 2.37. The summed E-state index contributed by atoms with van der Waals surface area (Å²) in [5, 5.41) is 8.70. The summed E-state index contributed by atoms with van der Waals surface area (Å²) in [6.07, 6.45) is 0.405. The quantitative estimate of drug-likeness (QED) is 0.818. The molecule has 0 aliphatic rings. The van der Waals surface area contributed by atoms with Gasteiger partial charge in [-0.05, 0) is 36.6 Å². The zero-order valence-electron chi connectivity index (χ0n) is 12.1. The lowest BCUT2D eigenvalue weighted by Crippen LogP contribution is -2.20. The lowest BCUT2D eigenvalue weighted by atomic mass is 10.1. The molecule has 0 unspecified atom stereocenters. The molecule has 0 atom stereocenters. The maximum absolute atomic E-state index is 11.9. The van der Waals surface area contributed by atoms with Gasteiger partial charge in [-0.2, -0.15) is 0 Å². The minimum Gasteiger partial charge on any atom is -0.395 e. The molecule has 110 valence electrons. The summed E-state index contributed by atoms with van der Waals surface area (Å²) in [6.45, 7) is 5.63. The largest absolute Gasteiger partial charge is 0.395 e. The maximum atomic E-state index is 11.9. The molecule has 5 heteroatoms. The summed E-state index contributed by atoms with van der Waals surface area (Å²) in [6, 6.07) is 5.36. The fourth-order valence-corrected chi connectivity index (χ4v) is 3.23. The van der Waals surface area contributed by atoms with E-state index in [4.69, 9.17) is 5.11 Å². The molecular formula is C15H21NO3S. The molecule has 0 saturated carbocycles. The van der Waals surface area contributed by atoms with E-state index in [1.54, 1.807) is 12.1 Å². The van der Waals surface area contributed by atoms with Gasteiger partial charge in [0.15, 0.2) is 0 Å². The smallest absolute Gasteiger partial charge is 0.232 e. The molecule has 0 aliphatic heterocycles. The number of rotatable bonds is 5. The SMILES string of the molecule is Cc1cc(C#CCCO)cc(NS(=O)(=O)CC(C)C)c1. The highest BCUT2D eigenvalue weighted by atomic mass is 32.2. The van der Waals surface area contributed by atoms with Gasteiger partial charge < -0.3 is 5.11 Å². The van der Waals surface area contributed by atoms with Gasteiger partial charge in [-0.1, -0.05) is 25.7 Å². The van der Waals surface area contributed by atoms with E-state index in [0.29, 0.717) is 12.1 Å². The van der Waals surface area contributed by atoms with Crippen molar-refractivity contribution in [3.8, 4) is 11.8 Å². The number of aliphatic hydroxyl groups is 1. The molecule has 0 fully saturated rings. The summed E-state index contributed by atoms with van der Waals surface area (Å²) < 4.78 is 26.4. The Labute approximate surface area is 121 Å². The molecule has 0 heterocycles. The predicted octanol–water partition coefficient (Wildman–Crippen LogP) is 2.13. The predicted molar refractivity (Wildman–Crippen MR) is 82.0 cm³/mol. The molecule has 0 aromatic heterocycles. The number of hydrogen-bond acceptors (Lipinski definition) is 3. The van der Waals surface area contributed by atoms with Gasteiger partial charge in [-0.25, -0.2) is 8.42 Å². The van der Waals surface area contributed by atoms with E-state index in [2.05, 4.69) is 16.6 Å². The summed E-state index contributed by atoms with van der Waals surface area (Å²) in [4.78, 5) is 0. The highest BCUT2D eigenvalue weighted by Gasteiger charge is 2.13. The summed E-state index contributed by atoms with van der Waals surface area (Å²) >= 11 is 0. The highest BCUT2D eigenvalue weighted by molar-refractivity contribution is 7.92. The topological polar surface area (TPSA) is 66.4 Å². The van der Waals surface area contributed by atoms with Crippen LogP contribution in [-0.2, 0) is 10.0 Å². The second kappa shape index (κ2) is 7.32. The van der Waals surface area contributed by atoms with Gasteiger partial charge in [0.2, 0.25) is 10.0 Å². The van der Waals surface area contributed by atoms with Gasteiger partial charge in [0.1, 0.15) is 0 Å². The van der Waals surface area contributed by atoms with Crippen LogP contribution >= 0.6 is 0 Å². The van der Waals surface area contributed by atoms with Gasteiger partial charge in [-0.3, -0.25) is 4.72 Å². The minimum atomic E-state index is -3.33. The second-order valence-corrected chi connectivity index (χ2v) is 6.91. The van der Waals surface area contributed by atoms with Gasteiger partial charge >= 0.3 is 0 Å². The fourth-order valence-electron chi connectivity index (χ4n) is 1.79. The van der Waals surface area contributed by atoms with Gasteiger partial charge in [-0.15, -0.1) is 0 Å². The zero-order valence-corrected chi connectivity index (χ0v) is 12.9. The van der Waals surface area contributed by atoms with Crippen LogP contribution < -0.4 is 4.72 Å². The Balaban J connectivity index is 2.95. The van der Waals surface area contributed by atoms with Gasteiger partial charge in [0.25, 0.3) is 0 Å². The van der Waals surface area contributed by atoms with Crippen LogP contribution in [-0.4, -0.2) is 25.9 Å². The molecule has 0 bridgehead atoms. The number of sulfonamides is 1. The van der Waals surface area contributed by atoms with Crippen LogP contribution in [0.5, 0.6) is 0 Å². The monoisotopic (exact) mass is 295 g/mol. The maximum Gasteiger partial charge on any atom is 0.232 e. The van der Waals surface area contributed by atoms with Crippen molar-refractivity contribution in [3.63, 3.8) is 0 Å². The molecule has 1 aromatic rings. The molecule has 2 N–H and O–H groups in total. The van der Waals surface area contributed by atoms with Crippen molar-refractivity contribution in [2.75, 3.05) is 17.1 Å². The molecule has 0 radical (unpaired) electrons. The Kier molecular flexibility index (Phi) is 6.05. The Morgan fingerprint density at radius 2 is 2.00 bits per heavy atom. The Hall–Kier alpha value is -1.51. The lowest BCUT2D eigenvalue weighted by Gasteiger charge is -2.11. The first-order valence-corrected chi connectivity index (χ1v) is 8.19. The van der Waals surface area contributed by atoms with Crippen LogP contribution in [0.25, 0.3) is 0 Å².